The van der Waals surface area contributed by atoms with E-state index < -0.39 is 54.1 Å². The number of hydrogen-bond donors (Lipinski definition) is 4. The summed E-state index contributed by atoms with van der Waals surface area (Å²) in [6.07, 6.45) is 3.91. The summed E-state index contributed by atoms with van der Waals surface area (Å²) >= 11 is 0. The van der Waals surface area contributed by atoms with Gasteiger partial charge in [-0.15, -0.1) is 27.8 Å². The van der Waals surface area contributed by atoms with Crippen LogP contribution < -0.4 is 60.9 Å². The van der Waals surface area contributed by atoms with Crippen LogP contribution in [0.3, 0.4) is 0 Å². The number of rotatable bonds is 20. The van der Waals surface area contributed by atoms with E-state index in [-0.39, 0.29) is 16.8 Å². The Morgan fingerprint density at radius 1 is 0.447 bits per heavy atom. The number of aliphatic imine (C=N–C) groups is 1. The largest absolute Gasteiger partial charge is 3.00 e. The van der Waals surface area contributed by atoms with E-state index in [9.17, 15) is 19.2 Å². The van der Waals surface area contributed by atoms with Crippen molar-refractivity contribution in [3.63, 3.8) is 0 Å². The molecule has 85 heavy (non-hydrogen) atoms. The Morgan fingerprint density at radius 2 is 0.847 bits per heavy atom. The molecule has 4 amide bonds. The maximum absolute atomic E-state index is 13.9. The molecule has 3 aliphatic rings. The molecular weight excluding hydrogens is 1130 g/mol. The first-order valence-corrected chi connectivity index (χ1v) is 26.8. The minimum atomic E-state index is -0.874. The molecule has 0 spiro atoms. The first-order chi connectivity index (χ1) is 40.6. The molecule has 4 N–H and O–H groups in total. The molecule has 2 aromatic heterocycles. The maximum Gasteiger partial charge on any atom is 3.00 e. The third-order valence-electron chi connectivity index (χ3n) is 14.7. The molecule has 0 saturated carbocycles. The van der Waals surface area contributed by atoms with Crippen molar-refractivity contribution in [3.8, 4) is 23.0 Å². The zero-order chi connectivity index (χ0) is 59.9. The first kappa shape index (κ1) is 62.1. The van der Waals surface area contributed by atoms with Gasteiger partial charge in [0.2, 0.25) is 0 Å². The van der Waals surface area contributed by atoms with Crippen molar-refractivity contribution in [2.75, 3.05) is 78.1 Å². The van der Waals surface area contributed by atoms with Gasteiger partial charge < -0.3 is 74.4 Å². The zero-order valence-electron chi connectivity index (χ0n) is 49.0. The van der Waals surface area contributed by atoms with E-state index in [4.69, 9.17) is 58.2 Å². The van der Waals surface area contributed by atoms with Crippen molar-refractivity contribution in [1.82, 2.24) is 9.97 Å². The van der Waals surface area contributed by atoms with Gasteiger partial charge in [0.05, 0.1) is 73.7 Å². The molecule has 0 aliphatic carbocycles. The van der Waals surface area contributed by atoms with Gasteiger partial charge in [-0.2, -0.15) is 0 Å². The molecule has 3 aliphatic heterocycles. The van der Waals surface area contributed by atoms with Crippen LogP contribution in [0.25, 0.3) is 27.6 Å². The van der Waals surface area contributed by atoms with E-state index in [1.165, 1.54) is 28.4 Å². The monoisotopic (exact) mass is 1200 g/mol. The molecule has 5 atom stereocenters. The maximum atomic E-state index is 13.9. The summed E-state index contributed by atoms with van der Waals surface area (Å²) < 4.78 is 46.3. The molecule has 8 bridgehead atoms. The van der Waals surface area contributed by atoms with Crippen LogP contribution in [0.2, 0.25) is 0 Å². The Bertz CT molecular complexity index is 3730. The van der Waals surface area contributed by atoms with Crippen molar-refractivity contribution in [2.24, 2.45) is 4.99 Å². The Morgan fingerprint density at radius 3 is 1.28 bits per heavy atom. The molecule has 21 heteroatoms. The molecule has 0 saturated heterocycles. The quantitative estimate of drug-likeness (QED) is 0.0579. The Hall–Kier alpha value is -8.96. The number of nitrogens with one attached hydrogen (secondary N) is 4. The van der Waals surface area contributed by atoms with Crippen LogP contribution >= 0.6 is 0 Å². The van der Waals surface area contributed by atoms with Crippen LogP contribution in [0.15, 0.2) is 138 Å². The number of carbonyl (C=O) groups excluding carboxylic acids is 4. The number of methoxy groups -OCH3 is 8. The van der Waals surface area contributed by atoms with Gasteiger partial charge in [-0.25, -0.2) is 4.99 Å². The number of fused-ring (bicyclic) bond motifs is 7. The van der Waals surface area contributed by atoms with E-state index in [1.54, 1.807) is 111 Å². The van der Waals surface area contributed by atoms with Crippen LogP contribution in [0.1, 0.15) is 61.3 Å². The minimum Gasteiger partial charge on any atom is -0.674 e. The van der Waals surface area contributed by atoms with Crippen LogP contribution in [-0.4, -0.2) is 117 Å². The topological polar surface area (TPSA) is 245 Å². The van der Waals surface area contributed by atoms with Crippen LogP contribution in [0.5, 0.6) is 23.0 Å². The predicted octanol–water partition coefficient (Wildman–Crippen LogP) is 7.48. The molecule has 0 fully saturated rings. The molecule has 9 rings (SSSR count). The van der Waals surface area contributed by atoms with E-state index in [0.29, 0.717) is 129 Å². The number of carbonyl (C=O) groups is 4. The third-order valence-corrected chi connectivity index (χ3v) is 14.7. The number of hydrogen-bond acceptors (Lipinski definition) is 13. The molecule has 1 unspecified atom stereocenters. The van der Waals surface area contributed by atoms with E-state index >= 15 is 0 Å². The second-order valence-corrected chi connectivity index (χ2v) is 19.5. The van der Waals surface area contributed by atoms with Gasteiger partial charge in [0.15, 0.2) is 0 Å². The number of nitrogens with zero attached hydrogens (tertiary/aromatic N) is 4. The zero-order valence-corrected chi connectivity index (χ0v) is 50.0. The predicted molar refractivity (Wildman–Crippen MR) is 321 cm³/mol. The smallest absolute Gasteiger partial charge is 0.674 e. The van der Waals surface area contributed by atoms with Crippen molar-refractivity contribution >= 4 is 74.4 Å². The van der Waals surface area contributed by atoms with Crippen molar-refractivity contribution in [3.05, 3.63) is 182 Å². The number of aromatic nitrogens is 2. The van der Waals surface area contributed by atoms with Gasteiger partial charge in [0, 0.05) is 45.1 Å². The van der Waals surface area contributed by atoms with Gasteiger partial charge >= 0.3 is 16.8 Å². The fourth-order valence-electron chi connectivity index (χ4n) is 9.89. The number of anilines is 4. The van der Waals surface area contributed by atoms with E-state index in [2.05, 4.69) is 21.3 Å². The standard InChI is InChI=1S/C64H68N8O12.Co/c1-33(77-5)61(73)69-37-17-13-18-38(70-62(74)34(2)78-6)53(37)55-41-25-29-45(65-41)57(59-49(81-9)21-15-22-50(59)82-10)47-31-27-43(67-47)56(54-39(71-63(75)35(3)79-7)19-14-20-40(54)72-64(76)36(4)80-8)44-28-32-48(68-44)58(46-30-26-42(55)66-46)60-51(83-11)23-16-24-52(60)84-12;/h13-36,45H,1-12H3,(H7,65,66,67,68,69,70,71,72,73,74,75,76);/q;+3/p-3/b57-47+;/t33-,34-,35-,36-,45?;/m0./s1. The van der Waals surface area contributed by atoms with Crippen LogP contribution in [-0.2, 0) is 54.9 Å². The first-order valence-electron chi connectivity index (χ1n) is 26.8. The molecule has 20 nitrogen and oxygen atoms in total. The third kappa shape index (κ3) is 12.5. The van der Waals surface area contributed by atoms with Crippen LogP contribution in [0, 0.1) is 0 Å². The Labute approximate surface area is 502 Å². The summed E-state index contributed by atoms with van der Waals surface area (Å²) in [6, 6.07) is 27.6. The van der Waals surface area contributed by atoms with Crippen molar-refractivity contribution in [2.45, 2.75) is 58.2 Å². The van der Waals surface area contributed by atoms with Gasteiger partial charge in [-0.3, -0.25) is 19.2 Å². The number of allylic oxidation sites excluding steroid dienone is 3. The van der Waals surface area contributed by atoms with Crippen LogP contribution in [0.4, 0.5) is 22.7 Å². The number of ether oxygens (including phenoxy) is 8. The summed E-state index contributed by atoms with van der Waals surface area (Å²) in [5, 5.41) is 18.6. The summed E-state index contributed by atoms with van der Waals surface area (Å²) in [4.78, 5) is 72.2. The van der Waals surface area contributed by atoms with Crippen molar-refractivity contribution < 1.29 is 73.9 Å². The molecule has 5 heterocycles. The van der Waals surface area contributed by atoms with Gasteiger partial charge in [-0.05, 0) is 99.5 Å². The average molecular weight is 1200 g/mol. The van der Waals surface area contributed by atoms with E-state index in [0.717, 1.165) is 0 Å². The molecule has 4 aromatic carbocycles. The summed E-state index contributed by atoms with van der Waals surface area (Å²) in [7, 11) is 12.0. The van der Waals surface area contributed by atoms with Gasteiger partial charge in [-0.1, -0.05) is 72.3 Å². The normalized spacial score (nSPS) is 18.6. The molecule has 6 aromatic rings. The molecule has 442 valence electrons. The molecule has 0 radical (unpaired) electrons. The number of amides is 4. The Balaban J connectivity index is 0.00000940. The summed E-state index contributed by atoms with van der Waals surface area (Å²) in [5.74, 6) is -0.0892. The van der Waals surface area contributed by atoms with Gasteiger partial charge in [0.1, 0.15) is 47.4 Å². The second kappa shape index (κ2) is 27.2. The van der Waals surface area contributed by atoms with Gasteiger partial charge in [0.25, 0.3) is 23.6 Å². The van der Waals surface area contributed by atoms with Crippen molar-refractivity contribution in [1.29, 1.82) is 0 Å². The second-order valence-electron chi connectivity index (χ2n) is 19.5. The fourth-order valence-corrected chi connectivity index (χ4v) is 9.89. The fraction of sp³-hybridized carbons (Fsp3) is 0.266. The number of benzene rings is 4. The SMILES string of the molecule is COc1cccc(OC)c1/C1=C2\C=CC(=N2)/C(c2c(NC(=O)[C@H](C)OC)cccc2NC(=O)[C@H](C)OC)=c2/cc/c([n-]2)=C(\c2c(OC)cccc2OC)C2C=C/C(=C(\c3c(NC(=O)[C@H](C)OC)cccc3NC(=O)[C@H](C)OC)c3ccc1[n-]3)[N-]2.[Co+3]. The molecular formula is C64H65CoN8O12. The average Bonchev–Trinajstić information content (AvgIpc) is 2.13. The summed E-state index contributed by atoms with van der Waals surface area (Å²) in [5.41, 5.74) is 6.73. The van der Waals surface area contributed by atoms with E-state index in [1.807, 2.05) is 66.8 Å². The Kier molecular flexibility index (Phi) is 19.8. The summed E-state index contributed by atoms with van der Waals surface area (Å²) in [6.45, 7) is 6.50. The minimum absolute atomic E-state index is 0.